The predicted octanol–water partition coefficient (Wildman–Crippen LogP) is 1.78. The van der Waals surface area contributed by atoms with Gasteiger partial charge in [-0.05, 0) is 6.42 Å². The molecule has 0 aromatic heterocycles. The first-order valence-electron chi connectivity index (χ1n) is 3.35. The highest BCUT2D eigenvalue weighted by Crippen LogP contribution is 2.18. The second-order valence-corrected chi connectivity index (χ2v) is 2.35. The summed E-state index contributed by atoms with van der Waals surface area (Å²) < 4.78 is 4.99. The van der Waals surface area contributed by atoms with Gasteiger partial charge in [0.15, 0.2) is 0 Å². The molecule has 0 aromatic carbocycles. The number of ether oxygens (including phenoxy) is 1. The third kappa shape index (κ3) is 1.48. The average Bonchev–Trinajstić information content (AvgIpc) is 1.63. The van der Waals surface area contributed by atoms with Crippen LogP contribution in [0.25, 0.3) is 0 Å². The summed E-state index contributed by atoms with van der Waals surface area (Å²) in [5.41, 5.74) is 0. The van der Waals surface area contributed by atoms with E-state index in [0.717, 1.165) is 13.2 Å². The van der Waals surface area contributed by atoms with E-state index in [0.29, 0.717) is 0 Å². The van der Waals surface area contributed by atoms with E-state index in [4.69, 9.17) is 4.74 Å². The van der Waals surface area contributed by atoms with Gasteiger partial charge in [-0.25, -0.2) is 0 Å². The maximum atomic E-state index is 4.99. The normalized spacial score (nSPS) is 20.6. The van der Waals surface area contributed by atoms with Gasteiger partial charge in [0.1, 0.15) is 0 Å². The molecule has 1 aliphatic heterocycles. The predicted molar refractivity (Wildman–Crippen MR) is 33.6 cm³/mol. The lowest BCUT2D eigenvalue weighted by molar-refractivity contribution is 0.0581. The summed E-state index contributed by atoms with van der Waals surface area (Å²) >= 11 is 0. The zero-order valence-electron chi connectivity index (χ0n) is 5.44. The summed E-state index contributed by atoms with van der Waals surface area (Å²) in [5.74, 6) is 1.60. The van der Waals surface area contributed by atoms with E-state index in [1.165, 1.54) is 19.3 Å². The number of unbranched alkanes of at least 4 members (excludes halogenated alkanes) is 1. The van der Waals surface area contributed by atoms with Crippen molar-refractivity contribution < 1.29 is 4.74 Å². The first-order chi connectivity index (χ1) is 3.93. The van der Waals surface area contributed by atoms with E-state index in [1.54, 1.807) is 5.92 Å². The number of hydrogen-bond acceptors (Lipinski definition) is 1. The molecule has 1 saturated heterocycles. The Kier molecular flexibility index (Phi) is 2.34. The SMILES string of the molecule is CCCC[C]1COC1. The molecule has 0 saturated carbocycles. The molecule has 0 N–H and O–H groups in total. The van der Waals surface area contributed by atoms with Gasteiger partial charge in [0.25, 0.3) is 0 Å². The molecule has 0 amide bonds. The molecule has 1 heterocycles. The van der Waals surface area contributed by atoms with Crippen molar-refractivity contribution in [1.82, 2.24) is 0 Å². The van der Waals surface area contributed by atoms with Crippen LogP contribution in [-0.2, 0) is 4.74 Å². The lowest BCUT2D eigenvalue weighted by atomic mass is 10.0. The molecule has 47 valence electrons. The smallest absolute Gasteiger partial charge is 0.0551 e. The molecule has 1 fully saturated rings. The molecular weight excluding hydrogens is 100 g/mol. The minimum Gasteiger partial charge on any atom is -0.380 e. The average molecular weight is 113 g/mol. The third-order valence-corrected chi connectivity index (χ3v) is 1.50. The Morgan fingerprint density at radius 1 is 1.50 bits per heavy atom. The Labute approximate surface area is 51.0 Å². The van der Waals surface area contributed by atoms with Crippen LogP contribution in [0.3, 0.4) is 0 Å². The fourth-order valence-corrected chi connectivity index (χ4v) is 0.818. The van der Waals surface area contributed by atoms with Gasteiger partial charge in [0.2, 0.25) is 0 Å². The third-order valence-electron chi connectivity index (χ3n) is 1.50. The van der Waals surface area contributed by atoms with Gasteiger partial charge < -0.3 is 4.74 Å². The second-order valence-electron chi connectivity index (χ2n) is 2.35. The largest absolute Gasteiger partial charge is 0.380 e. The van der Waals surface area contributed by atoms with Gasteiger partial charge in [-0.1, -0.05) is 19.8 Å². The molecule has 0 atom stereocenters. The van der Waals surface area contributed by atoms with Crippen LogP contribution in [0.2, 0.25) is 0 Å². The van der Waals surface area contributed by atoms with Crippen molar-refractivity contribution in [2.45, 2.75) is 26.2 Å². The first kappa shape index (κ1) is 6.09. The zero-order valence-corrected chi connectivity index (χ0v) is 5.44. The summed E-state index contributed by atoms with van der Waals surface area (Å²) in [6.45, 7) is 4.11. The number of rotatable bonds is 3. The van der Waals surface area contributed by atoms with E-state index in [2.05, 4.69) is 6.92 Å². The van der Waals surface area contributed by atoms with Crippen molar-refractivity contribution in [3.63, 3.8) is 0 Å². The van der Waals surface area contributed by atoms with Gasteiger partial charge in [0.05, 0.1) is 13.2 Å². The molecule has 0 aromatic rings. The van der Waals surface area contributed by atoms with Gasteiger partial charge in [-0.2, -0.15) is 0 Å². The summed E-state index contributed by atoms with van der Waals surface area (Å²) in [5, 5.41) is 0. The van der Waals surface area contributed by atoms with Crippen LogP contribution in [0.5, 0.6) is 0 Å². The van der Waals surface area contributed by atoms with Crippen molar-refractivity contribution in [3.8, 4) is 0 Å². The van der Waals surface area contributed by atoms with Gasteiger partial charge in [-0.15, -0.1) is 0 Å². The highest BCUT2D eigenvalue weighted by atomic mass is 16.5. The first-order valence-corrected chi connectivity index (χ1v) is 3.35. The van der Waals surface area contributed by atoms with E-state index in [1.807, 2.05) is 0 Å². The van der Waals surface area contributed by atoms with E-state index >= 15 is 0 Å². The molecule has 1 nitrogen and oxygen atoms in total. The molecule has 1 heteroatoms. The lowest BCUT2D eigenvalue weighted by Gasteiger charge is -2.24. The highest BCUT2D eigenvalue weighted by molar-refractivity contribution is 4.95. The molecule has 1 rings (SSSR count). The Balaban J connectivity index is 1.86. The van der Waals surface area contributed by atoms with Gasteiger partial charge >= 0.3 is 0 Å². The summed E-state index contributed by atoms with van der Waals surface area (Å²) in [6.07, 6.45) is 3.96. The Hall–Kier alpha value is -0.0400. The van der Waals surface area contributed by atoms with E-state index in [-0.39, 0.29) is 0 Å². The minimum absolute atomic E-state index is 0.944. The fraction of sp³-hybridized carbons (Fsp3) is 0.857. The molecule has 1 aliphatic rings. The molecular formula is C7H13O. The summed E-state index contributed by atoms with van der Waals surface area (Å²) in [7, 11) is 0. The van der Waals surface area contributed by atoms with Crippen LogP contribution in [0.15, 0.2) is 0 Å². The minimum atomic E-state index is 0.944. The van der Waals surface area contributed by atoms with Crippen molar-refractivity contribution in [2.75, 3.05) is 13.2 Å². The Morgan fingerprint density at radius 3 is 2.62 bits per heavy atom. The van der Waals surface area contributed by atoms with Crippen molar-refractivity contribution in [1.29, 1.82) is 0 Å². The van der Waals surface area contributed by atoms with E-state index in [9.17, 15) is 0 Å². The van der Waals surface area contributed by atoms with Crippen LogP contribution >= 0.6 is 0 Å². The fourth-order valence-electron chi connectivity index (χ4n) is 0.818. The number of hydrogen-bond donors (Lipinski definition) is 0. The molecule has 0 aliphatic carbocycles. The Morgan fingerprint density at radius 2 is 2.25 bits per heavy atom. The summed E-state index contributed by atoms with van der Waals surface area (Å²) in [4.78, 5) is 0. The molecule has 0 bridgehead atoms. The van der Waals surface area contributed by atoms with Gasteiger partial charge in [-0.3, -0.25) is 0 Å². The summed E-state index contributed by atoms with van der Waals surface area (Å²) in [6, 6.07) is 0. The quantitative estimate of drug-likeness (QED) is 0.542. The molecule has 0 spiro atoms. The standard InChI is InChI=1S/C7H13O/c1-2-3-4-7-5-8-6-7/h2-6H2,1H3. The van der Waals surface area contributed by atoms with Gasteiger partial charge in [0, 0.05) is 5.92 Å². The maximum Gasteiger partial charge on any atom is 0.0551 e. The van der Waals surface area contributed by atoms with Crippen LogP contribution in [0.1, 0.15) is 26.2 Å². The Bertz CT molecular complexity index is 57.4. The van der Waals surface area contributed by atoms with Crippen LogP contribution in [0, 0.1) is 5.92 Å². The second kappa shape index (κ2) is 3.08. The van der Waals surface area contributed by atoms with E-state index < -0.39 is 0 Å². The molecule has 8 heavy (non-hydrogen) atoms. The monoisotopic (exact) mass is 113 g/mol. The van der Waals surface area contributed by atoms with Crippen LogP contribution in [-0.4, -0.2) is 13.2 Å². The topological polar surface area (TPSA) is 9.23 Å². The maximum absolute atomic E-state index is 4.99. The van der Waals surface area contributed by atoms with Crippen LogP contribution < -0.4 is 0 Å². The van der Waals surface area contributed by atoms with Crippen molar-refractivity contribution in [3.05, 3.63) is 5.92 Å². The highest BCUT2D eigenvalue weighted by Gasteiger charge is 2.17. The van der Waals surface area contributed by atoms with Crippen LogP contribution in [0.4, 0.5) is 0 Å². The zero-order chi connectivity index (χ0) is 5.82. The molecule has 0 unspecified atom stereocenters. The lowest BCUT2D eigenvalue weighted by Crippen LogP contribution is -2.24. The van der Waals surface area contributed by atoms with Crippen molar-refractivity contribution >= 4 is 0 Å². The van der Waals surface area contributed by atoms with Crippen molar-refractivity contribution in [2.24, 2.45) is 0 Å². The molecule has 1 radical (unpaired) electrons.